The summed E-state index contributed by atoms with van der Waals surface area (Å²) in [7, 11) is 0. The number of hydrogen-bond acceptors (Lipinski definition) is 3. The molecule has 1 aromatic heterocycles. The van der Waals surface area contributed by atoms with Crippen LogP contribution in [0.1, 0.15) is 23.0 Å². The van der Waals surface area contributed by atoms with Gasteiger partial charge < -0.3 is 19.7 Å². The van der Waals surface area contributed by atoms with Gasteiger partial charge in [-0.3, -0.25) is 14.4 Å². The van der Waals surface area contributed by atoms with Gasteiger partial charge in [-0.05, 0) is 23.8 Å². The SMILES string of the molecule is CC(=O)N1CCN(C(=O)c2cccn2CC(=O)NCc2ccccc2Cl)CC1. The first-order valence-corrected chi connectivity index (χ1v) is 9.53. The van der Waals surface area contributed by atoms with Gasteiger partial charge in [-0.2, -0.15) is 0 Å². The molecule has 1 aliphatic heterocycles. The molecule has 2 aromatic rings. The summed E-state index contributed by atoms with van der Waals surface area (Å²) in [6.45, 7) is 3.94. The van der Waals surface area contributed by atoms with E-state index in [0.29, 0.717) is 43.4 Å². The number of rotatable bonds is 5. The number of amides is 3. The lowest BCUT2D eigenvalue weighted by Crippen LogP contribution is -2.50. The van der Waals surface area contributed by atoms with E-state index in [4.69, 9.17) is 11.6 Å². The maximum Gasteiger partial charge on any atom is 0.270 e. The van der Waals surface area contributed by atoms with Crippen molar-refractivity contribution in [3.63, 3.8) is 0 Å². The zero-order chi connectivity index (χ0) is 20.1. The van der Waals surface area contributed by atoms with Crippen LogP contribution in [-0.2, 0) is 22.7 Å². The van der Waals surface area contributed by atoms with Gasteiger partial charge in [-0.15, -0.1) is 0 Å². The van der Waals surface area contributed by atoms with Crippen molar-refractivity contribution in [2.24, 2.45) is 0 Å². The van der Waals surface area contributed by atoms with E-state index in [0.717, 1.165) is 5.56 Å². The molecule has 7 nitrogen and oxygen atoms in total. The minimum Gasteiger partial charge on any atom is -0.350 e. The second-order valence-electron chi connectivity index (χ2n) is 6.69. The summed E-state index contributed by atoms with van der Waals surface area (Å²) < 4.78 is 1.64. The molecular weight excluding hydrogens is 380 g/mol. The minimum absolute atomic E-state index is 0.0191. The summed E-state index contributed by atoms with van der Waals surface area (Å²) in [4.78, 5) is 40.0. The van der Waals surface area contributed by atoms with Crippen molar-refractivity contribution in [2.75, 3.05) is 26.2 Å². The molecule has 0 unspecified atom stereocenters. The maximum absolute atomic E-state index is 12.8. The van der Waals surface area contributed by atoms with Crippen molar-refractivity contribution in [1.82, 2.24) is 19.7 Å². The Morgan fingerprint density at radius 3 is 2.36 bits per heavy atom. The molecule has 148 valence electrons. The molecular formula is C20H23ClN4O3. The first-order chi connectivity index (χ1) is 13.5. The van der Waals surface area contributed by atoms with E-state index >= 15 is 0 Å². The molecule has 0 aliphatic carbocycles. The van der Waals surface area contributed by atoms with Gasteiger partial charge in [0.05, 0.1) is 0 Å². The molecule has 1 fully saturated rings. The Labute approximate surface area is 168 Å². The van der Waals surface area contributed by atoms with Crippen LogP contribution in [0, 0.1) is 0 Å². The van der Waals surface area contributed by atoms with Crippen LogP contribution in [0.4, 0.5) is 0 Å². The molecule has 1 saturated heterocycles. The number of aromatic nitrogens is 1. The third kappa shape index (κ3) is 4.72. The summed E-state index contributed by atoms with van der Waals surface area (Å²) in [5.41, 5.74) is 1.30. The molecule has 1 aliphatic rings. The monoisotopic (exact) mass is 402 g/mol. The normalized spacial score (nSPS) is 14.1. The Bertz CT molecular complexity index is 872. The van der Waals surface area contributed by atoms with Crippen LogP contribution in [0.3, 0.4) is 0 Å². The highest BCUT2D eigenvalue weighted by Crippen LogP contribution is 2.14. The fraction of sp³-hybridized carbons (Fsp3) is 0.350. The highest BCUT2D eigenvalue weighted by atomic mass is 35.5. The number of nitrogens with zero attached hydrogens (tertiary/aromatic N) is 3. The second-order valence-corrected chi connectivity index (χ2v) is 7.09. The van der Waals surface area contributed by atoms with Crippen LogP contribution in [0.15, 0.2) is 42.6 Å². The van der Waals surface area contributed by atoms with Crippen molar-refractivity contribution in [1.29, 1.82) is 0 Å². The molecule has 1 aromatic carbocycles. The van der Waals surface area contributed by atoms with E-state index in [-0.39, 0.29) is 24.3 Å². The topological polar surface area (TPSA) is 74.7 Å². The lowest BCUT2D eigenvalue weighted by Gasteiger charge is -2.34. The minimum atomic E-state index is -0.202. The number of carbonyl (C=O) groups excluding carboxylic acids is 3. The van der Waals surface area contributed by atoms with Gasteiger partial charge >= 0.3 is 0 Å². The zero-order valence-corrected chi connectivity index (χ0v) is 16.5. The number of carbonyl (C=O) groups is 3. The predicted molar refractivity (Wildman–Crippen MR) is 106 cm³/mol. The van der Waals surface area contributed by atoms with Gasteiger partial charge in [-0.1, -0.05) is 29.8 Å². The summed E-state index contributed by atoms with van der Waals surface area (Å²) in [6, 6.07) is 10.8. The number of piperazine rings is 1. The lowest BCUT2D eigenvalue weighted by atomic mass is 10.2. The van der Waals surface area contributed by atoms with E-state index in [9.17, 15) is 14.4 Å². The predicted octanol–water partition coefficient (Wildman–Crippen LogP) is 1.76. The van der Waals surface area contributed by atoms with Crippen molar-refractivity contribution in [2.45, 2.75) is 20.0 Å². The molecule has 0 atom stereocenters. The van der Waals surface area contributed by atoms with Gasteiger partial charge in [0.1, 0.15) is 12.2 Å². The molecule has 3 amide bonds. The summed E-state index contributed by atoms with van der Waals surface area (Å²) in [6.07, 6.45) is 1.72. The molecule has 3 rings (SSSR count). The number of nitrogens with one attached hydrogen (secondary N) is 1. The van der Waals surface area contributed by atoms with Gasteiger partial charge in [-0.25, -0.2) is 0 Å². The molecule has 0 saturated carbocycles. The third-order valence-corrected chi connectivity index (χ3v) is 5.18. The van der Waals surface area contributed by atoms with Gasteiger partial charge in [0.15, 0.2) is 0 Å². The van der Waals surface area contributed by atoms with Gasteiger partial charge in [0.25, 0.3) is 5.91 Å². The number of hydrogen-bond donors (Lipinski definition) is 1. The molecule has 8 heteroatoms. The smallest absolute Gasteiger partial charge is 0.270 e. The van der Waals surface area contributed by atoms with Crippen molar-refractivity contribution >= 4 is 29.3 Å². The average molecular weight is 403 g/mol. The fourth-order valence-electron chi connectivity index (χ4n) is 3.18. The van der Waals surface area contributed by atoms with Crippen LogP contribution in [-0.4, -0.2) is 58.3 Å². The Kier molecular flexibility index (Phi) is 6.36. The second kappa shape index (κ2) is 8.93. The Balaban J connectivity index is 1.57. The molecule has 0 radical (unpaired) electrons. The zero-order valence-electron chi connectivity index (χ0n) is 15.7. The summed E-state index contributed by atoms with van der Waals surface area (Å²) in [5, 5.41) is 3.43. The quantitative estimate of drug-likeness (QED) is 0.828. The Morgan fingerprint density at radius 2 is 1.68 bits per heavy atom. The summed E-state index contributed by atoms with van der Waals surface area (Å²) >= 11 is 6.10. The largest absolute Gasteiger partial charge is 0.350 e. The average Bonchev–Trinajstić information content (AvgIpc) is 3.15. The van der Waals surface area contributed by atoms with Crippen LogP contribution in [0.25, 0.3) is 0 Å². The standard InChI is InChI=1S/C20H23ClN4O3/c1-15(26)23-9-11-24(12-10-23)20(28)18-7-4-8-25(18)14-19(27)22-13-16-5-2-3-6-17(16)21/h2-8H,9-14H2,1H3,(H,22,27). The van der Waals surface area contributed by atoms with Crippen LogP contribution < -0.4 is 5.32 Å². The van der Waals surface area contributed by atoms with Crippen molar-refractivity contribution < 1.29 is 14.4 Å². The fourth-order valence-corrected chi connectivity index (χ4v) is 3.38. The number of benzene rings is 1. The third-order valence-electron chi connectivity index (χ3n) is 4.81. The first kappa shape index (κ1) is 19.9. The van der Waals surface area contributed by atoms with E-state index in [2.05, 4.69) is 5.32 Å². The van der Waals surface area contributed by atoms with Gasteiger partial charge in [0.2, 0.25) is 11.8 Å². The maximum atomic E-state index is 12.8. The van der Waals surface area contributed by atoms with Crippen LogP contribution in [0.2, 0.25) is 5.02 Å². The first-order valence-electron chi connectivity index (χ1n) is 9.15. The lowest BCUT2D eigenvalue weighted by molar-refractivity contribution is -0.130. The van der Waals surface area contributed by atoms with E-state index in [1.54, 1.807) is 38.8 Å². The van der Waals surface area contributed by atoms with Crippen molar-refractivity contribution in [3.05, 3.63) is 58.9 Å². The Morgan fingerprint density at radius 1 is 1.00 bits per heavy atom. The summed E-state index contributed by atoms with van der Waals surface area (Å²) in [5.74, 6) is -0.315. The van der Waals surface area contributed by atoms with Crippen molar-refractivity contribution in [3.8, 4) is 0 Å². The van der Waals surface area contributed by atoms with Crippen LogP contribution in [0.5, 0.6) is 0 Å². The van der Waals surface area contributed by atoms with Crippen LogP contribution >= 0.6 is 11.6 Å². The highest BCUT2D eigenvalue weighted by molar-refractivity contribution is 6.31. The molecule has 0 spiro atoms. The van der Waals surface area contributed by atoms with E-state index in [1.165, 1.54) is 6.92 Å². The molecule has 0 bridgehead atoms. The Hall–Kier alpha value is -2.80. The highest BCUT2D eigenvalue weighted by Gasteiger charge is 2.25. The molecule has 1 N–H and O–H groups in total. The van der Waals surface area contributed by atoms with E-state index < -0.39 is 0 Å². The molecule has 28 heavy (non-hydrogen) atoms. The van der Waals surface area contributed by atoms with E-state index in [1.807, 2.05) is 18.2 Å². The van der Waals surface area contributed by atoms with Gasteiger partial charge in [0, 0.05) is 50.9 Å². The number of halogens is 1. The molecule has 2 heterocycles.